The number of carbonyl (C=O) groups excluding carboxylic acids is 1. The number of piperidine rings is 1. The topological polar surface area (TPSA) is 54.8 Å². The molecule has 0 spiro atoms. The van der Waals surface area contributed by atoms with E-state index in [1.807, 2.05) is 38.1 Å². The fraction of sp³-hybridized carbons (Fsp3) is 0.348. The van der Waals surface area contributed by atoms with Crippen LogP contribution in [0.3, 0.4) is 0 Å². The Bertz CT molecular complexity index is 940. The van der Waals surface area contributed by atoms with Gasteiger partial charge in [-0.3, -0.25) is 9.78 Å². The van der Waals surface area contributed by atoms with Crippen LogP contribution in [0.2, 0.25) is 0 Å². The molecule has 0 unspecified atom stereocenters. The number of likely N-dealkylation sites (tertiary alicyclic amines) is 1. The van der Waals surface area contributed by atoms with Crippen molar-refractivity contribution in [1.82, 2.24) is 9.88 Å². The van der Waals surface area contributed by atoms with Gasteiger partial charge in [0.05, 0.1) is 10.6 Å². The summed E-state index contributed by atoms with van der Waals surface area (Å²) in [6.07, 6.45) is 7.31. The van der Waals surface area contributed by atoms with Crippen LogP contribution in [0.25, 0.3) is 6.08 Å². The molecule has 6 heteroatoms. The summed E-state index contributed by atoms with van der Waals surface area (Å²) in [5, 5.41) is 0.852. The number of carbonyl (C=O) groups is 1. The predicted octanol–water partition coefficient (Wildman–Crippen LogP) is 4.73. The van der Waals surface area contributed by atoms with E-state index in [1.54, 1.807) is 6.20 Å². The molecule has 0 saturated carbocycles. The molecule has 1 amide bonds. The van der Waals surface area contributed by atoms with Crippen molar-refractivity contribution in [3.05, 3.63) is 63.8 Å². The molecule has 2 aromatic rings. The first-order valence-electron chi connectivity index (χ1n) is 10.0. The van der Waals surface area contributed by atoms with Crippen LogP contribution >= 0.6 is 11.8 Å². The maximum Gasteiger partial charge on any atom is 0.286 e. The molecule has 150 valence electrons. The number of rotatable bonds is 4. The van der Waals surface area contributed by atoms with Crippen LogP contribution in [0.4, 0.5) is 0 Å². The number of amides is 1. The maximum atomic E-state index is 12.4. The van der Waals surface area contributed by atoms with E-state index in [2.05, 4.69) is 27.0 Å². The van der Waals surface area contributed by atoms with Crippen molar-refractivity contribution in [1.29, 1.82) is 0 Å². The van der Waals surface area contributed by atoms with Gasteiger partial charge in [-0.2, -0.15) is 4.99 Å². The van der Waals surface area contributed by atoms with Crippen molar-refractivity contribution in [3.63, 3.8) is 0 Å². The summed E-state index contributed by atoms with van der Waals surface area (Å²) in [6, 6.07) is 9.91. The van der Waals surface area contributed by atoms with Gasteiger partial charge in [-0.25, -0.2) is 0 Å². The van der Waals surface area contributed by atoms with Gasteiger partial charge in [-0.15, -0.1) is 0 Å². The van der Waals surface area contributed by atoms with E-state index in [9.17, 15) is 4.79 Å². The van der Waals surface area contributed by atoms with Crippen LogP contribution in [0, 0.1) is 13.8 Å². The highest BCUT2D eigenvalue weighted by molar-refractivity contribution is 8.18. The highest BCUT2D eigenvalue weighted by Gasteiger charge is 2.27. The molecule has 3 heterocycles. The van der Waals surface area contributed by atoms with Gasteiger partial charge in [0.1, 0.15) is 12.4 Å². The molecule has 1 aromatic heterocycles. The van der Waals surface area contributed by atoms with Gasteiger partial charge in [0.25, 0.3) is 5.91 Å². The van der Waals surface area contributed by atoms with Gasteiger partial charge >= 0.3 is 0 Å². The summed E-state index contributed by atoms with van der Waals surface area (Å²) in [7, 11) is 0. The fourth-order valence-corrected chi connectivity index (χ4v) is 4.66. The first-order chi connectivity index (χ1) is 14.1. The van der Waals surface area contributed by atoms with E-state index in [0.29, 0.717) is 11.5 Å². The second kappa shape index (κ2) is 8.82. The smallest absolute Gasteiger partial charge is 0.286 e. The highest BCUT2D eigenvalue weighted by atomic mass is 32.2. The normalized spacial score (nSPS) is 18.3. The Morgan fingerprint density at radius 1 is 1.14 bits per heavy atom. The Labute approximate surface area is 175 Å². The molecule has 0 bridgehead atoms. The minimum absolute atomic E-state index is 0.138. The fourth-order valence-electron chi connectivity index (χ4n) is 3.69. The van der Waals surface area contributed by atoms with Crippen LogP contribution in [-0.4, -0.2) is 34.0 Å². The summed E-state index contributed by atoms with van der Waals surface area (Å²) in [5.74, 6) is 0.731. The minimum Gasteiger partial charge on any atom is -0.487 e. The van der Waals surface area contributed by atoms with E-state index in [0.717, 1.165) is 46.4 Å². The van der Waals surface area contributed by atoms with Gasteiger partial charge in [-0.05, 0) is 91.9 Å². The van der Waals surface area contributed by atoms with Gasteiger partial charge < -0.3 is 9.64 Å². The lowest BCUT2D eigenvalue weighted by Crippen LogP contribution is -2.33. The molecule has 2 aliphatic rings. The van der Waals surface area contributed by atoms with Crippen LogP contribution in [-0.2, 0) is 11.4 Å². The quantitative estimate of drug-likeness (QED) is 0.686. The molecule has 1 aromatic carbocycles. The van der Waals surface area contributed by atoms with E-state index >= 15 is 0 Å². The maximum absolute atomic E-state index is 12.4. The van der Waals surface area contributed by atoms with Crippen molar-refractivity contribution in [3.8, 4) is 5.75 Å². The molecular formula is C23H25N3O2S. The zero-order valence-electron chi connectivity index (χ0n) is 16.9. The summed E-state index contributed by atoms with van der Waals surface area (Å²) >= 11 is 1.49. The van der Waals surface area contributed by atoms with Crippen molar-refractivity contribution < 1.29 is 9.53 Å². The zero-order chi connectivity index (χ0) is 20.2. The van der Waals surface area contributed by atoms with Crippen molar-refractivity contribution in [2.24, 2.45) is 4.99 Å². The predicted molar refractivity (Wildman–Crippen MR) is 118 cm³/mol. The SMILES string of the molecule is Cc1cc(/C=C2/SC(N3CCCCC3)=NC2=O)cc(C)c1OCc1ccccn1. The first kappa shape index (κ1) is 19.7. The number of pyridine rings is 1. The van der Waals surface area contributed by atoms with Crippen molar-refractivity contribution in [2.75, 3.05) is 13.1 Å². The van der Waals surface area contributed by atoms with Gasteiger partial charge in [0.15, 0.2) is 5.17 Å². The largest absolute Gasteiger partial charge is 0.487 e. The Balaban J connectivity index is 1.47. The summed E-state index contributed by atoms with van der Waals surface area (Å²) in [5.41, 5.74) is 3.98. The van der Waals surface area contributed by atoms with Gasteiger partial charge in [0.2, 0.25) is 0 Å². The number of ether oxygens (including phenoxy) is 1. The Morgan fingerprint density at radius 3 is 2.59 bits per heavy atom. The average Bonchev–Trinajstić information content (AvgIpc) is 3.09. The van der Waals surface area contributed by atoms with Gasteiger partial charge in [-0.1, -0.05) is 6.07 Å². The molecule has 0 atom stereocenters. The number of benzene rings is 1. The molecule has 0 N–H and O–H groups in total. The van der Waals surface area contributed by atoms with Crippen LogP contribution in [0.1, 0.15) is 41.6 Å². The number of hydrogen-bond donors (Lipinski definition) is 0. The first-order valence-corrected chi connectivity index (χ1v) is 10.8. The number of hydrogen-bond acceptors (Lipinski definition) is 5. The number of thioether (sulfide) groups is 1. The summed E-state index contributed by atoms with van der Waals surface area (Å²) in [4.78, 5) is 23.9. The molecule has 5 nitrogen and oxygen atoms in total. The van der Waals surface area contributed by atoms with Crippen LogP contribution in [0.15, 0.2) is 46.4 Å². The monoisotopic (exact) mass is 407 g/mol. The number of aryl methyl sites for hydroxylation is 2. The van der Waals surface area contributed by atoms with Crippen LogP contribution < -0.4 is 4.74 Å². The van der Waals surface area contributed by atoms with E-state index in [1.165, 1.54) is 31.0 Å². The average molecular weight is 408 g/mol. The second-order valence-corrected chi connectivity index (χ2v) is 8.46. The Hall–Kier alpha value is -2.60. The number of aromatic nitrogens is 1. The highest BCUT2D eigenvalue weighted by Crippen LogP contribution is 2.33. The lowest BCUT2D eigenvalue weighted by atomic mass is 10.1. The van der Waals surface area contributed by atoms with E-state index in [-0.39, 0.29) is 5.91 Å². The van der Waals surface area contributed by atoms with E-state index < -0.39 is 0 Å². The Kier molecular flexibility index (Phi) is 6.00. The Morgan fingerprint density at radius 2 is 1.90 bits per heavy atom. The molecule has 1 fully saturated rings. The molecular weight excluding hydrogens is 382 g/mol. The summed E-state index contributed by atoms with van der Waals surface area (Å²) < 4.78 is 6.01. The lowest BCUT2D eigenvalue weighted by molar-refractivity contribution is -0.113. The van der Waals surface area contributed by atoms with Crippen LogP contribution in [0.5, 0.6) is 5.75 Å². The molecule has 2 aliphatic heterocycles. The molecule has 4 rings (SSSR count). The van der Waals surface area contributed by atoms with Crippen molar-refractivity contribution in [2.45, 2.75) is 39.7 Å². The number of nitrogens with zero attached hydrogens (tertiary/aromatic N) is 3. The second-order valence-electron chi connectivity index (χ2n) is 7.45. The van der Waals surface area contributed by atoms with E-state index in [4.69, 9.17) is 4.74 Å². The third-order valence-corrected chi connectivity index (χ3v) is 6.15. The third kappa shape index (κ3) is 4.70. The van der Waals surface area contributed by atoms with Gasteiger partial charge in [0, 0.05) is 19.3 Å². The molecule has 0 aliphatic carbocycles. The number of aliphatic imine (C=N–C) groups is 1. The number of amidine groups is 1. The minimum atomic E-state index is -0.138. The zero-order valence-corrected chi connectivity index (χ0v) is 17.7. The lowest BCUT2D eigenvalue weighted by Gasteiger charge is -2.27. The summed E-state index contributed by atoms with van der Waals surface area (Å²) in [6.45, 7) is 6.48. The standard InChI is InChI=1S/C23H25N3O2S/c1-16-12-18(13-17(2)21(16)28-15-19-8-4-5-9-24-19)14-20-22(27)25-23(29-20)26-10-6-3-7-11-26/h4-5,8-9,12-14H,3,6-7,10-11,15H2,1-2H3/b20-14+. The molecule has 1 saturated heterocycles. The molecule has 0 radical (unpaired) electrons. The molecule has 29 heavy (non-hydrogen) atoms. The van der Waals surface area contributed by atoms with Crippen molar-refractivity contribution >= 4 is 28.9 Å². The third-order valence-electron chi connectivity index (χ3n) is 5.11.